The lowest BCUT2D eigenvalue weighted by atomic mass is 9.82. The topological polar surface area (TPSA) is 131 Å². The molecule has 4 aromatic rings. The number of benzene rings is 3. The molecule has 2 aliphatic rings. The lowest BCUT2D eigenvalue weighted by molar-refractivity contribution is -0.140. The summed E-state index contributed by atoms with van der Waals surface area (Å²) in [6.07, 6.45) is 1.55. The quantitative estimate of drug-likeness (QED) is 0.324. The number of aliphatic imine (C=N–C) groups is 1. The van der Waals surface area contributed by atoms with Crippen LogP contribution in [0.5, 0.6) is 0 Å². The Morgan fingerprint density at radius 3 is 2.27 bits per heavy atom. The van der Waals surface area contributed by atoms with E-state index in [-0.39, 0.29) is 31.4 Å². The second-order valence-electron chi connectivity index (χ2n) is 10.5. The highest BCUT2D eigenvalue weighted by Gasteiger charge is 2.50. The molecule has 0 radical (unpaired) electrons. The maximum Gasteiger partial charge on any atom is 0.313 e. The highest BCUT2D eigenvalue weighted by molar-refractivity contribution is 6.09. The molecule has 0 spiro atoms. The monoisotopic (exact) mass is 596 g/mol. The van der Waals surface area contributed by atoms with E-state index in [2.05, 4.69) is 19.7 Å². The predicted octanol–water partition coefficient (Wildman–Crippen LogP) is 3.23. The van der Waals surface area contributed by atoms with Crippen LogP contribution in [0, 0.1) is 11.6 Å². The third-order valence-electron chi connectivity index (χ3n) is 7.68. The second kappa shape index (κ2) is 11.3. The molecule has 0 aliphatic carbocycles. The fraction of sp³-hybridized carbons (Fsp3) is 0.188. The zero-order valence-electron chi connectivity index (χ0n) is 23.5. The largest absolute Gasteiger partial charge is 0.469 e. The first kappa shape index (κ1) is 28.6. The van der Waals surface area contributed by atoms with Crippen molar-refractivity contribution in [2.75, 3.05) is 7.11 Å². The van der Waals surface area contributed by atoms with Crippen molar-refractivity contribution in [2.24, 2.45) is 10.7 Å². The number of carbonyl (C=O) groups is 3. The molecular weight excluding hydrogens is 570 g/mol. The number of carbonyl (C=O) groups excluding carboxylic acids is 3. The number of methoxy groups -OCH3 is 1. The summed E-state index contributed by atoms with van der Waals surface area (Å²) < 4.78 is 32.3. The molecule has 0 bridgehead atoms. The molecule has 10 nitrogen and oxygen atoms in total. The van der Waals surface area contributed by atoms with Crippen molar-refractivity contribution in [1.29, 1.82) is 0 Å². The molecule has 6 rings (SSSR count). The number of amides is 2. The van der Waals surface area contributed by atoms with Crippen LogP contribution in [0.15, 0.2) is 84.0 Å². The van der Waals surface area contributed by atoms with E-state index in [1.54, 1.807) is 35.4 Å². The molecule has 0 unspecified atom stereocenters. The van der Waals surface area contributed by atoms with Gasteiger partial charge in [-0.15, -0.1) is 0 Å². The van der Waals surface area contributed by atoms with Crippen LogP contribution in [0.3, 0.4) is 0 Å². The van der Waals surface area contributed by atoms with E-state index in [1.165, 1.54) is 60.5 Å². The van der Waals surface area contributed by atoms with E-state index in [0.717, 1.165) is 5.56 Å². The number of aromatic nitrogens is 2. The van der Waals surface area contributed by atoms with Crippen molar-refractivity contribution in [3.63, 3.8) is 0 Å². The maximum atomic E-state index is 14.1. The Bertz CT molecular complexity index is 1770. The van der Waals surface area contributed by atoms with Crippen LogP contribution in [0.4, 0.5) is 8.78 Å². The van der Waals surface area contributed by atoms with Crippen molar-refractivity contribution in [2.45, 2.75) is 31.6 Å². The van der Waals surface area contributed by atoms with Crippen molar-refractivity contribution < 1.29 is 27.9 Å². The molecule has 0 saturated carbocycles. The van der Waals surface area contributed by atoms with E-state index >= 15 is 0 Å². The van der Waals surface area contributed by atoms with Crippen LogP contribution < -0.4 is 5.73 Å². The maximum absolute atomic E-state index is 14.1. The summed E-state index contributed by atoms with van der Waals surface area (Å²) in [6, 6.07) is 17.5. The van der Waals surface area contributed by atoms with Crippen LogP contribution in [0.2, 0.25) is 0 Å². The Kier molecular flexibility index (Phi) is 7.33. The fourth-order valence-electron chi connectivity index (χ4n) is 5.45. The number of hydrogen-bond donors (Lipinski definition) is 1. The molecule has 0 fully saturated rings. The minimum atomic E-state index is -1.64. The van der Waals surface area contributed by atoms with Crippen LogP contribution in [0.25, 0.3) is 0 Å². The molecule has 0 atom stereocenters. The zero-order chi connectivity index (χ0) is 31.0. The molecule has 2 aliphatic heterocycles. The van der Waals surface area contributed by atoms with Gasteiger partial charge in [0.2, 0.25) is 0 Å². The van der Waals surface area contributed by atoms with Gasteiger partial charge in [0, 0.05) is 23.9 Å². The van der Waals surface area contributed by atoms with Gasteiger partial charge in [-0.1, -0.05) is 36.4 Å². The number of guanidine groups is 1. The summed E-state index contributed by atoms with van der Waals surface area (Å²) in [5, 5.41) is 0. The lowest BCUT2D eigenvalue weighted by Crippen LogP contribution is -2.43. The Morgan fingerprint density at radius 2 is 1.64 bits per heavy atom. The molecular formula is C32H26F2N6O4. The van der Waals surface area contributed by atoms with Crippen molar-refractivity contribution >= 4 is 23.7 Å². The second-order valence-corrected chi connectivity index (χ2v) is 10.5. The molecule has 44 heavy (non-hydrogen) atoms. The number of hydrogen-bond acceptors (Lipinski definition) is 8. The smallest absolute Gasteiger partial charge is 0.313 e. The van der Waals surface area contributed by atoms with Crippen molar-refractivity contribution in [3.05, 3.63) is 130 Å². The molecule has 3 aromatic carbocycles. The van der Waals surface area contributed by atoms with E-state index in [0.29, 0.717) is 40.3 Å². The predicted molar refractivity (Wildman–Crippen MR) is 154 cm³/mol. The van der Waals surface area contributed by atoms with Gasteiger partial charge in [0.1, 0.15) is 23.9 Å². The number of ether oxygens (including phenoxy) is 1. The molecule has 2 N–H and O–H groups in total. The first-order chi connectivity index (χ1) is 21.2. The van der Waals surface area contributed by atoms with Gasteiger partial charge in [-0.25, -0.2) is 23.7 Å². The average Bonchev–Trinajstić information content (AvgIpc) is 3.56. The molecule has 0 saturated heterocycles. The fourth-order valence-corrected chi connectivity index (χ4v) is 5.45. The molecule has 1 aromatic heterocycles. The molecule has 12 heteroatoms. The van der Waals surface area contributed by atoms with Gasteiger partial charge in [0.25, 0.3) is 11.8 Å². The highest BCUT2D eigenvalue weighted by atomic mass is 19.1. The lowest BCUT2D eigenvalue weighted by Gasteiger charge is -2.27. The molecule has 2 amide bonds. The normalized spacial score (nSPS) is 15.2. The summed E-state index contributed by atoms with van der Waals surface area (Å²) in [7, 11) is 1.29. The van der Waals surface area contributed by atoms with Crippen molar-refractivity contribution in [1.82, 2.24) is 19.8 Å². The van der Waals surface area contributed by atoms with Gasteiger partial charge in [0.15, 0.2) is 11.5 Å². The first-order valence-corrected chi connectivity index (χ1v) is 13.7. The Hall–Kier alpha value is -5.52. The Morgan fingerprint density at radius 1 is 0.977 bits per heavy atom. The standard InChI is InChI=1S/C32H26F2N6O4/c1-44-28(41)14-27-36-15-21-17-39(18-26(21)37-27)29(42)20-4-2-3-19(13-20)16-40-30(43)32(38-31(40)35,22-5-9-24(33)10-6-22)23-7-11-25(34)12-8-23/h2-13,15H,14,16-18H2,1H3,(H2,35,38). The SMILES string of the molecule is COC(=O)Cc1ncc2c(n1)CN(C(=O)c1cccc(CN3C(=O)C(c4ccc(F)cc4)(c4ccc(F)cc4)N=C3N)c1)C2. The Labute approximate surface area is 250 Å². The molecule has 222 valence electrons. The number of nitrogens with two attached hydrogens (primary N) is 1. The van der Waals surface area contributed by atoms with Gasteiger partial charge >= 0.3 is 5.97 Å². The summed E-state index contributed by atoms with van der Waals surface area (Å²) in [5.74, 6) is -1.93. The number of fused-ring (bicyclic) bond motifs is 1. The minimum Gasteiger partial charge on any atom is -0.469 e. The van der Waals surface area contributed by atoms with Crippen LogP contribution >= 0.6 is 0 Å². The van der Waals surface area contributed by atoms with E-state index in [1.807, 2.05) is 0 Å². The summed E-state index contributed by atoms with van der Waals surface area (Å²) in [4.78, 5) is 55.3. The van der Waals surface area contributed by atoms with Gasteiger partial charge in [0.05, 0.1) is 25.9 Å². The van der Waals surface area contributed by atoms with E-state index < -0.39 is 29.0 Å². The number of nitrogens with zero attached hydrogens (tertiary/aromatic N) is 5. The molecule has 3 heterocycles. The zero-order valence-corrected chi connectivity index (χ0v) is 23.5. The first-order valence-electron chi connectivity index (χ1n) is 13.7. The third-order valence-corrected chi connectivity index (χ3v) is 7.68. The summed E-state index contributed by atoms with van der Waals surface area (Å²) >= 11 is 0. The van der Waals surface area contributed by atoms with Crippen LogP contribution in [-0.4, -0.2) is 50.6 Å². The van der Waals surface area contributed by atoms with E-state index in [4.69, 9.17) is 5.73 Å². The number of esters is 1. The van der Waals surface area contributed by atoms with Crippen LogP contribution in [0.1, 0.15) is 44.1 Å². The third kappa shape index (κ3) is 5.14. The highest BCUT2D eigenvalue weighted by Crippen LogP contribution is 2.40. The summed E-state index contributed by atoms with van der Waals surface area (Å²) in [5.41, 5.74) is 7.87. The van der Waals surface area contributed by atoms with Crippen molar-refractivity contribution in [3.8, 4) is 0 Å². The van der Waals surface area contributed by atoms with Gasteiger partial charge < -0.3 is 15.4 Å². The van der Waals surface area contributed by atoms with Gasteiger partial charge in [-0.2, -0.15) is 0 Å². The van der Waals surface area contributed by atoms with Gasteiger partial charge in [-0.3, -0.25) is 19.3 Å². The summed E-state index contributed by atoms with van der Waals surface area (Å²) in [6.45, 7) is 0.554. The Balaban J connectivity index is 1.23. The minimum absolute atomic E-state index is 0.00200. The average molecular weight is 597 g/mol. The van der Waals surface area contributed by atoms with Crippen LogP contribution in [-0.2, 0) is 45.9 Å². The number of rotatable bonds is 7. The number of halogens is 2. The van der Waals surface area contributed by atoms with E-state index in [9.17, 15) is 23.2 Å². The van der Waals surface area contributed by atoms with Gasteiger partial charge in [-0.05, 0) is 53.1 Å².